The highest BCUT2D eigenvalue weighted by molar-refractivity contribution is 5.73. The number of benzene rings is 1. The monoisotopic (exact) mass is 236 g/mol. The van der Waals surface area contributed by atoms with E-state index in [-0.39, 0.29) is 5.91 Å². The molecular formula is C13H20N2O2. The van der Waals surface area contributed by atoms with Crippen molar-refractivity contribution in [1.82, 2.24) is 5.32 Å². The van der Waals surface area contributed by atoms with Gasteiger partial charge in [-0.05, 0) is 24.1 Å². The van der Waals surface area contributed by atoms with Crippen molar-refractivity contribution in [1.29, 1.82) is 0 Å². The van der Waals surface area contributed by atoms with Gasteiger partial charge >= 0.3 is 0 Å². The van der Waals surface area contributed by atoms with E-state index < -0.39 is 0 Å². The van der Waals surface area contributed by atoms with E-state index in [0.29, 0.717) is 13.0 Å². The van der Waals surface area contributed by atoms with Gasteiger partial charge in [0.15, 0.2) is 0 Å². The van der Waals surface area contributed by atoms with E-state index in [1.165, 1.54) is 5.56 Å². The summed E-state index contributed by atoms with van der Waals surface area (Å²) in [5, 5.41) is 3.15. The molecule has 0 radical (unpaired) electrons. The van der Waals surface area contributed by atoms with Crippen LogP contribution in [0, 0.1) is 0 Å². The summed E-state index contributed by atoms with van der Waals surface area (Å²) in [6.45, 7) is 4.18. The Morgan fingerprint density at radius 1 is 1.35 bits per heavy atom. The predicted octanol–water partition coefficient (Wildman–Crippen LogP) is 1.44. The maximum absolute atomic E-state index is 10.5. The molecule has 17 heavy (non-hydrogen) atoms. The fraction of sp³-hybridized carbons (Fsp3) is 0.462. The lowest BCUT2D eigenvalue weighted by molar-refractivity contribution is -0.117. The minimum atomic E-state index is -0.277. The Hall–Kier alpha value is -1.55. The number of hydrogen-bond acceptors (Lipinski definition) is 3. The van der Waals surface area contributed by atoms with Gasteiger partial charge in [-0.25, -0.2) is 0 Å². The van der Waals surface area contributed by atoms with Crippen LogP contribution in [0.3, 0.4) is 0 Å². The van der Waals surface area contributed by atoms with Crippen molar-refractivity contribution in [3.63, 3.8) is 0 Å². The van der Waals surface area contributed by atoms with Crippen LogP contribution in [0.25, 0.3) is 0 Å². The topological polar surface area (TPSA) is 64.3 Å². The molecule has 0 fully saturated rings. The molecule has 3 N–H and O–H groups in total. The fourth-order valence-corrected chi connectivity index (χ4v) is 1.37. The van der Waals surface area contributed by atoms with Crippen molar-refractivity contribution in [3.05, 3.63) is 29.8 Å². The summed E-state index contributed by atoms with van der Waals surface area (Å²) in [4.78, 5) is 10.5. The first-order chi connectivity index (χ1) is 8.22. The van der Waals surface area contributed by atoms with E-state index in [9.17, 15) is 4.79 Å². The van der Waals surface area contributed by atoms with Crippen LogP contribution in [0.2, 0.25) is 0 Å². The molecule has 1 aromatic rings. The molecule has 1 aromatic carbocycles. The van der Waals surface area contributed by atoms with Crippen molar-refractivity contribution in [2.75, 3.05) is 13.2 Å². The lowest BCUT2D eigenvalue weighted by Crippen LogP contribution is -2.21. The van der Waals surface area contributed by atoms with Crippen molar-refractivity contribution < 1.29 is 9.53 Å². The molecule has 1 amide bonds. The van der Waals surface area contributed by atoms with Crippen LogP contribution in [-0.2, 0) is 11.3 Å². The van der Waals surface area contributed by atoms with Crippen LogP contribution >= 0.6 is 0 Å². The molecule has 0 unspecified atom stereocenters. The van der Waals surface area contributed by atoms with Crippen LogP contribution in [-0.4, -0.2) is 19.1 Å². The Morgan fingerprint density at radius 2 is 2.06 bits per heavy atom. The molecule has 0 aliphatic heterocycles. The zero-order valence-electron chi connectivity index (χ0n) is 10.2. The van der Waals surface area contributed by atoms with Gasteiger partial charge in [-0.1, -0.05) is 19.1 Å². The first kappa shape index (κ1) is 13.5. The molecule has 0 spiro atoms. The molecule has 94 valence electrons. The van der Waals surface area contributed by atoms with Gasteiger partial charge < -0.3 is 15.8 Å². The first-order valence-electron chi connectivity index (χ1n) is 5.93. The van der Waals surface area contributed by atoms with Crippen molar-refractivity contribution in [3.8, 4) is 5.75 Å². The summed E-state index contributed by atoms with van der Waals surface area (Å²) in [5.41, 5.74) is 6.21. The number of nitrogens with one attached hydrogen (secondary N) is 1. The van der Waals surface area contributed by atoms with E-state index in [1.54, 1.807) is 0 Å². The van der Waals surface area contributed by atoms with Gasteiger partial charge in [-0.15, -0.1) is 0 Å². The molecule has 0 aliphatic rings. The van der Waals surface area contributed by atoms with Gasteiger partial charge in [0.25, 0.3) is 0 Å². The minimum Gasteiger partial charge on any atom is -0.494 e. The van der Waals surface area contributed by atoms with Crippen LogP contribution in [0.1, 0.15) is 25.3 Å². The summed E-state index contributed by atoms with van der Waals surface area (Å²) in [7, 11) is 0. The zero-order chi connectivity index (χ0) is 12.5. The second kappa shape index (κ2) is 7.68. The Balaban J connectivity index is 2.27. The molecule has 0 aliphatic carbocycles. The lowest BCUT2D eigenvalue weighted by Gasteiger charge is -2.06. The third kappa shape index (κ3) is 5.92. The summed E-state index contributed by atoms with van der Waals surface area (Å²) < 4.78 is 5.49. The first-order valence-corrected chi connectivity index (χ1v) is 5.93. The number of ether oxygens (including phenoxy) is 1. The number of amides is 1. The smallest absolute Gasteiger partial charge is 0.218 e. The van der Waals surface area contributed by atoms with E-state index in [4.69, 9.17) is 10.5 Å². The number of primary amides is 1. The van der Waals surface area contributed by atoms with Crippen molar-refractivity contribution in [2.45, 2.75) is 26.3 Å². The second-order valence-electron chi connectivity index (χ2n) is 3.89. The SMILES string of the molecule is CCCOc1ccc(CNCCC(N)=O)cc1. The Bertz CT molecular complexity index is 336. The normalized spacial score (nSPS) is 10.2. The predicted molar refractivity (Wildman–Crippen MR) is 67.7 cm³/mol. The van der Waals surface area contributed by atoms with Gasteiger partial charge in [0.2, 0.25) is 5.91 Å². The zero-order valence-corrected chi connectivity index (χ0v) is 10.2. The highest BCUT2D eigenvalue weighted by Crippen LogP contribution is 2.12. The van der Waals surface area contributed by atoms with E-state index in [2.05, 4.69) is 12.2 Å². The molecule has 0 aromatic heterocycles. The number of carbonyl (C=O) groups excluding carboxylic acids is 1. The van der Waals surface area contributed by atoms with Crippen LogP contribution in [0.5, 0.6) is 5.75 Å². The number of carbonyl (C=O) groups is 1. The molecule has 0 heterocycles. The summed E-state index contributed by atoms with van der Waals surface area (Å²) in [5.74, 6) is 0.619. The van der Waals surface area contributed by atoms with Gasteiger partial charge in [-0.2, -0.15) is 0 Å². The maximum Gasteiger partial charge on any atom is 0.218 e. The maximum atomic E-state index is 10.5. The van der Waals surface area contributed by atoms with Crippen LogP contribution < -0.4 is 15.8 Å². The summed E-state index contributed by atoms with van der Waals surface area (Å²) >= 11 is 0. The van der Waals surface area contributed by atoms with Crippen molar-refractivity contribution >= 4 is 5.91 Å². The molecule has 0 saturated carbocycles. The average Bonchev–Trinajstić information content (AvgIpc) is 2.33. The summed E-state index contributed by atoms with van der Waals surface area (Å²) in [6.07, 6.45) is 1.38. The number of nitrogens with two attached hydrogens (primary N) is 1. The Labute approximate surface area is 102 Å². The van der Waals surface area contributed by atoms with Gasteiger partial charge in [0, 0.05) is 19.5 Å². The van der Waals surface area contributed by atoms with Gasteiger partial charge in [0.05, 0.1) is 6.61 Å². The second-order valence-corrected chi connectivity index (χ2v) is 3.89. The van der Waals surface area contributed by atoms with E-state index >= 15 is 0 Å². The largest absolute Gasteiger partial charge is 0.494 e. The quantitative estimate of drug-likeness (QED) is 0.671. The standard InChI is InChI=1S/C13H20N2O2/c1-2-9-17-12-5-3-11(4-6-12)10-15-8-7-13(14)16/h3-6,15H,2,7-10H2,1H3,(H2,14,16). The minimum absolute atomic E-state index is 0.277. The molecule has 4 nitrogen and oxygen atoms in total. The highest BCUT2D eigenvalue weighted by Gasteiger charge is 1.96. The van der Waals surface area contributed by atoms with Crippen LogP contribution in [0.15, 0.2) is 24.3 Å². The number of rotatable bonds is 8. The third-order valence-electron chi connectivity index (χ3n) is 2.27. The molecule has 4 heteroatoms. The van der Waals surface area contributed by atoms with Gasteiger partial charge in [-0.3, -0.25) is 4.79 Å². The molecular weight excluding hydrogens is 216 g/mol. The van der Waals surface area contributed by atoms with Gasteiger partial charge in [0.1, 0.15) is 5.75 Å². The molecule has 0 saturated heterocycles. The third-order valence-corrected chi connectivity index (χ3v) is 2.27. The molecule has 0 bridgehead atoms. The average molecular weight is 236 g/mol. The highest BCUT2D eigenvalue weighted by atomic mass is 16.5. The lowest BCUT2D eigenvalue weighted by atomic mass is 10.2. The number of hydrogen-bond donors (Lipinski definition) is 2. The summed E-state index contributed by atoms with van der Waals surface area (Å²) in [6, 6.07) is 7.95. The molecule has 0 atom stereocenters. The fourth-order valence-electron chi connectivity index (χ4n) is 1.37. The van der Waals surface area contributed by atoms with Crippen LogP contribution in [0.4, 0.5) is 0 Å². The van der Waals surface area contributed by atoms with E-state index in [1.807, 2.05) is 24.3 Å². The Kier molecular flexibility index (Phi) is 6.10. The Morgan fingerprint density at radius 3 is 2.65 bits per heavy atom. The van der Waals surface area contributed by atoms with E-state index in [0.717, 1.165) is 25.3 Å². The molecule has 1 rings (SSSR count). The van der Waals surface area contributed by atoms with Crippen molar-refractivity contribution in [2.24, 2.45) is 5.73 Å².